The molecule has 0 amide bonds. The largest absolute Gasteiger partial charge is 0.493 e. The van der Waals surface area contributed by atoms with Gasteiger partial charge in [-0.1, -0.05) is 51.8 Å². The van der Waals surface area contributed by atoms with Crippen molar-refractivity contribution in [2.24, 2.45) is 0 Å². The van der Waals surface area contributed by atoms with Crippen molar-refractivity contribution in [2.45, 2.75) is 19.7 Å². The molecule has 0 radical (unpaired) electrons. The van der Waals surface area contributed by atoms with Gasteiger partial charge in [0.05, 0.1) is 7.11 Å². The topological polar surface area (TPSA) is 43.4 Å². The number of ether oxygens (including phenoxy) is 2. The van der Waals surface area contributed by atoms with Gasteiger partial charge in [0, 0.05) is 46.1 Å². The molecule has 0 saturated heterocycles. The van der Waals surface area contributed by atoms with E-state index in [-0.39, 0.29) is 0 Å². The number of nitrogens with zero attached hydrogens (tertiary/aromatic N) is 1. The van der Waals surface area contributed by atoms with Crippen LogP contribution in [0.5, 0.6) is 11.5 Å². The Morgan fingerprint density at radius 3 is 2.67 bits per heavy atom. The molecule has 1 heterocycles. The van der Waals surface area contributed by atoms with Gasteiger partial charge in [0.15, 0.2) is 11.5 Å². The van der Waals surface area contributed by atoms with E-state index in [1.54, 1.807) is 13.3 Å². The van der Waals surface area contributed by atoms with Gasteiger partial charge in [-0.2, -0.15) is 0 Å². The Kier molecular flexibility index (Phi) is 7.10. The lowest BCUT2D eigenvalue weighted by Crippen LogP contribution is -2.14. The van der Waals surface area contributed by atoms with Gasteiger partial charge in [-0.05, 0) is 29.8 Å². The summed E-state index contributed by atoms with van der Waals surface area (Å²) in [6, 6.07) is 15.5. The summed E-state index contributed by atoms with van der Waals surface area (Å²) in [7, 11) is 1.64. The van der Waals surface area contributed by atoms with Crippen molar-refractivity contribution < 1.29 is 9.47 Å². The van der Waals surface area contributed by atoms with E-state index in [4.69, 9.17) is 21.1 Å². The van der Waals surface area contributed by atoms with Crippen LogP contribution in [0.25, 0.3) is 0 Å². The van der Waals surface area contributed by atoms with Crippen molar-refractivity contribution >= 4 is 27.5 Å². The van der Waals surface area contributed by atoms with Gasteiger partial charge >= 0.3 is 0 Å². The molecule has 0 aliphatic rings. The van der Waals surface area contributed by atoms with Gasteiger partial charge in [0.2, 0.25) is 0 Å². The molecular formula is C21H20BrClN2O2. The Balaban J connectivity index is 1.76. The van der Waals surface area contributed by atoms with Gasteiger partial charge in [0.1, 0.15) is 6.61 Å². The van der Waals surface area contributed by atoms with Crippen LogP contribution in [0.15, 0.2) is 65.4 Å². The molecule has 0 saturated carbocycles. The molecule has 1 N–H and O–H groups in total. The summed E-state index contributed by atoms with van der Waals surface area (Å²) < 4.78 is 12.6. The van der Waals surface area contributed by atoms with Crippen LogP contribution >= 0.6 is 27.5 Å². The third-order valence-electron chi connectivity index (χ3n) is 4.07. The lowest BCUT2D eigenvalue weighted by Gasteiger charge is -2.17. The second-order valence-electron chi connectivity index (χ2n) is 5.90. The summed E-state index contributed by atoms with van der Waals surface area (Å²) >= 11 is 9.87. The number of hydrogen-bond acceptors (Lipinski definition) is 4. The Morgan fingerprint density at radius 2 is 1.93 bits per heavy atom. The number of hydrogen-bond donors (Lipinski definition) is 1. The average Bonchev–Trinajstić information content (AvgIpc) is 2.70. The standard InChI is InChI=1S/C21H20BrClN2O2/c1-26-20-9-8-18(22)17(13-25-12-15-5-4-10-24-11-15)21(20)27-14-16-6-2-3-7-19(16)23/h2-11,25H,12-14H2,1H3. The molecule has 2 aromatic carbocycles. The maximum Gasteiger partial charge on any atom is 0.167 e. The van der Waals surface area contributed by atoms with Gasteiger partial charge in [0.25, 0.3) is 0 Å². The number of rotatable bonds is 8. The summed E-state index contributed by atoms with van der Waals surface area (Å²) in [4.78, 5) is 4.14. The molecule has 0 spiro atoms. The van der Waals surface area contributed by atoms with E-state index in [2.05, 4.69) is 26.2 Å². The van der Waals surface area contributed by atoms with Gasteiger partial charge < -0.3 is 14.8 Å². The van der Waals surface area contributed by atoms with E-state index in [1.165, 1.54) is 0 Å². The zero-order valence-electron chi connectivity index (χ0n) is 14.9. The monoisotopic (exact) mass is 446 g/mol. The van der Waals surface area contributed by atoms with Crippen molar-refractivity contribution in [2.75, 3.05) is 7.11 Å². The van der Waals surface area contributed by atoms with Crippen molar-refractivity contribution in [3.63, 3.8) is 0 Å². The fourth-order valence-corrected chi connectivity index (χ4v) is 3.31. The van der Waals surface area contributed by atoms with Crippen LogP contribution in [0, 0.1) is 0 Å². The van der Waals surface area contributed by atoms with E-state index >= 15 is 0 Å². The zero-order valence-corrected chi connectivity index (χ0v) is 17.3. The van der Waals surface area contributed by atoms with Gasteiger partial charge in [-0.25, -0.2) is 0 Å². The summed E-state index contributed by atoms with van der Waals surface area (Å²) in [5, 5.41) is 4.11. The zero-order chi connectivity index (χ0) is 19.1. The van der Waals surface area contributed by atoms with Crippen molar-refractivity contribution in [3.8, 4) is 11.5 Å². The highest BCUT2D eigenvalue weighted by atomic mass is 79.9. The minimum Gasteiger partial charge on any atom is -0.493 e. The van der Waals surface area contributed by atoms with Crippen LogP contribution in [0.3, 0.4) is 0 Å². The first kappa shape index (κ1) is 19.7. The minimum absolute atomic E-state index is 0.363. The second kappa shape index (κ2) is 9.74. The molecule has 0 aliphatic heterocycles. The Labute approximate surface area is 172 Å². The third-order valence-corrected chi connectivity index (χ3v) is 5.18. The van der Waals surface area contributed by atoms with Gasteiger partial charge in [-0.3, -0.25) is 4.98 Å². The van der Waals surface area contributed by atoms with Crippen molar-refractivity contribution in [1.82, 2.24) is 10.3 Å². The molecule has 1 aromatic heterocycles. The number of benzene rings is 2. The number of pyridine rings is 1. The number of aromatic nitrogens is 1. The van der Waals surface area contributed by atoms with Gasteiger partial charge in [-0.15, -0.1) is 0 Å². The van der Waals surface area contributed by atoms with E-state index < -0.39 is 0 Å². The van der Waals surface area contributed by atoms with Crippen molar-refractivity contribution in [1.29, 1.82) is 0 Å². The predicted molar refractivity (Wildman–Crippen MR) is 111 cm³/mol. The fraction of sp³-hybridized carbons (Fsp3) is 0.190. The highest BCUT2D eigenvalue weighted by Crippen LogP contribution is 2.37. The molecule has 0 atom stereocenters. The summed E-state index contributed by atoms with van der Waals surface area (Å²) in [5.41, 5.74) is 3.04. The quantitative estimate of drug-likeness (QED) is 0.504. The Morgan fingerprint density at radius 1 is 1.07 bits per heavy atom. The lowest BCUT2D eigenvalue weighted by atomic mass is 10.1. The SMILES string of the molecule is COc1ccc(Br)c(CNCc2cccnc2)c1OCc1ccccc1Cl. The lowest BCUT2D eigenvalue weighted by molar-refractivity contribution is 0.280. The normalized spacial score (nSPS) is 10.6. The van der Waals surface area contributed by atoms with E-state index in [1.807, 2.05) is 54.7 Å². The van der Waals surface area contributed by atoms with E-state index in [0.29, 0.717) is 36.2 Å². The second-order valence-corrected chi connectivity index (χ2v) is 7.16. The molecule has 3 aromatic rings. The molecule has 0 bridgehead atoms. The molecule has 6 heteroatoms. The van der Waals surface area contributed by atoms with Crippen LogP contribution in [-0.4, -0.2) is 12.1 Å². The first-order valence-corrected chi connectivity index (χ1v) is 9.67. The predicted octanol–water partition coefficient (Wildman–Crippen LogP) is 5.37. The maximum atomic E-state index is 6.25. The third kappa shape index (κ3) is 5.22. The van der Waals surface area contributed by atoms with Crippen LogP contribution < -0.4 is 14.8 Å². The molecule has 140 valence electrons. The summed E-state index contributed by atoms with van der Waals surface area (Å²) in [6.07, 6.45) is 3.62. The fourth-order valence-electron chi connectivity index (χ4n) is 2.67. The Bertz CT molecular complexity index is 891. The highest BCUT2D eigenvalue weighted by molar-refractivity contribution is 9.10. The van der Waals surface area contributed by atoms with Crippen molar-refractivity contribution in [3.05, 3.63) is 87.1 Å². The highest BCUT2D eigenvalue weighted by Gasteiger charge is 2.15. The molecule has 4 nitrogen and oxygen atoms in total. The number of nitrogens with one attached hydrogen (secondary N) is 1. The first-order valence-electron chi connectivity index (χ1n) is 8.50. The number of halogens is 2. The van der Waals surface area contributed by atoms with Crippen LogP contribution in [0.4, 0.5) is 0 Å². The minimum atomic E-state index is 0.363. The molecule has 0 fully saturated rings. The first-order chi connectivity index (χ1) is 13.2. The average molecular weight is 448 g/mol. The molecule has 0 unspecified atom stereocenters. The van der Waals surface area contributed by atoms with E-state index in [0.717, 1.165) is 21.2 Å². The summed E-state index contributed by atoms with van der Waals surface area (Å²) in [6.45, 7) is 1.69. The molecule has 27 heavy (non-hydrogen) atoms. The van der Waals surface area contributed by atoms with Crippen LogP contribution in [0.1, 0.15) is 16.7 Å². The summed E-state index contributed by atoms with van der Waals surface area (Å²) in [5.74, 6) is 1.38. The van der Waals surface area contributed by atoms with E-state index in [9.17, 15) is 0 Å². The molecule has 3 rings (SSSR count). The maximum absolute atomic E-state index is 6.25. The Hall–Kier alpha value is -2.08. The van der Waals surface area contributed by atoms with Crippen LogP contribution in [0.2, 0.25) is 5.02 Å². The van der Waals surface area contributed by atoms with Crippen LogP contribution in [-0.2, 0) is 19.7 Å². The molecule has 0 aliphatic carbocycles. The molecular weight excluding hydrogens is 428 g/mol. The smallest absolute Gasteiger partial charge is 0.167 e. The number of methoxy groups -OCH3 is 1.